The van der Waals surface area contributed by atoms with Gasteiger partial charge in [-0.05, 0) is 25.1 Å². The summed E-state index contributed by atoms with van der Waals surface area (Å²) in [6.45, 7) is 2.05. The fraction of sp³-hybridized carbons (Fsp3) is 0.375. The minimum atomic E-state index is -0.367. The Hall–Kier alpha value is -2.26. The predicted octanol–water partition coefficient (Wildman–Crippen LogP) is 2.31. The van der Waals surface area contributed by atoms with E-state index in [0.29, 0.717) is 34.0 Å². The largest absolute Gasteiger partial charge is 0.495 e. The van der Waals surface area contributed by atoms with Crippen LogP contribution in [0, 0.1) is 0 Å². The van der Waals surface area contributed by atoms with Crippen LogP contribution in [-0.4, -0.2) is 46.1 Å². The summed E-state index contributed by atoms with van der Waals surface area (Å²) >= 11 is 7.25. The number of carbonyl (C=O) groups is 2. The fourth-order valence-corrected chi connectivity index (χ4v) is 3.02. The van der Waals surface area contributed by atoms with Crippen molar-refractivity contribution in [1.82, 2.24) is 14.8 Å². The first-order valence-electron chi connectivity index (χ1n) is 7.74. The van der Waals surface area contributed by atoms with E-state index in [9.17, 15) is 9.59 Å². The zero-order valence-electron chi connectivity index (χ0n) is 14.6. The molecule has 2 rings (SSSR count). The van der Waals surface area contributed by atoms with E-state index in [1.807, 2.05) is 0 Å². The average Bonchev–Trinajstić information content (AvgIpc) is 2.93. The van der Waals surface area contributed by atoms with Crippen LogP contribution in [0.4, 0.5) is 5.69 Å². The third kappa shape index (κ3) is 5.37. The van der Waals surface area contributed by atoms with E-state index in [0.717, 1.165) is 0 Å². The third-order valence-corrected chi connectivity index (χ3v) is 4.62. The molecule has 0 saturated heterocycles. The van der Waals surface area contributed by atoms with Gasteiger partial charge in [-0.1, -0.05) is 23.4 Å². The molecule has 0 bridgehead atoms. The normalized spacial score (nSPS) is 10.5. The molecule has 2 aromatic rings. The molecule has 0 spiro atoms. The van der Waals surface area contributed by atoms with Crippen LogP contribution in [0.25, 0.3) is 0 Å². The van der Waals surface area contributed by atoms with Gasteiger partial charge in [0.1, 0.15) is 18.0 Å². The van der Waals surface area contributed by atoms with Gasteiger partial charge < -0.3 is 19.4 Å². The van der Waals surface area contributed by atoms with Crippen molar-refractivity contribution in [2.45, 2.75) is 18.5 Å². The van der Waals surface area contributed by atoms with Crippen molar-refractivity contribution in [3.8, 4) is 5.75 Å². The van der Waals surface area contributed by atoms with E-state index < -0.39 is 0 Å². The molecule has 1 N–H and O–H groups in total. The van der Waals surface area contributed by atoms with Gasteiger partial charge >= 0.3 is 5.97 Å². The van der Waals surface area contributed by atoms with Crippen LogP contribution in [0.5, 0.6) is 5.75 Å². The molecule has 1 amide bonds. The smallest absolute Gasteiger partial charge is 0.313 e. The van der Waals surface area contributed by atoms with E-state index in [2.05, 4.69) is 15.5 Å². The number of ether oxygens (including phenoxy) is 2. The second-order valence-electron chi connectivity index (χ2n) is 5.13. The second kappa shape index (κ2) is 9.44. The summed E-state index contributed by atoms with van der Waals surface area (Å²) in [7, 11) is 3.26. The van der Waals surface area contributed by atoms with Crippen molar-refractivity contribution in [3.05, 3.63) is 29.0 Å². The SMILES string of the molecule is CCOC(=O)Cc1nnc(SCC(=O)Nc2ccc(OC)c(Cl)c2)n1C. The van der Waals surface area contributed by atoms with Gasteiger partial charge in [-0.25, -0.2) is 0 Å². The zero-order valence-corrected chi connectivity index (χ0v) is 16.2. The first kappa shape index (κ1) is 20.1. The van der Waals surface area contributed by atoms with Crippen LogP contribution >= 0.6 is 23.4 Å². The molecule has 1 aromatic heterocycles. The van der Waals surface area contributed by atoms with Gasteiger partial charge in [0.2, 0.25) is 5.91 Å². The monoisotopic (exact) mass is 398 g/mol. The number of carbonyl (C=O) groups excluding carboxylic acids is 2. The molecule has 26 heavy (non-hydrogen) atoms. The van der Waals surface area contributed by atoms with Crippen LogP contribution < -0.4 is 10.1 Å². The molecule has 8 nitrogen and oxygen atoms in total. The third-order valence-electron chi connectivity index (χ3n) is 3.30. The Morgan fingerprint density at radius 3 is 2.77 bits per heavy atom. The van der Waals surface area contributed by atoms with Gasteiger partial charge in [0, 0.05) is 12.7 Å². The maximum absolute atomic E-state index is 12.1. The molecule has 0 aliphatic rings. The number of nitrogens with one attached hydrogen (secondary N) is 1. The molecule has 0 atom stereocenters. The van der Waals surface area contributed by atoms with E-state index in [4.69, 9.17) is 21.1 Å². The lowest BCUT2D eigenvalue weighted by Gasteiger charge is -2.08. The van der Waals surface area contributed by atoms with Crippen molar-refractivity contribution < 1.29 is 19.1 Å². The topological polar surface area (TPSA) is 95.3 Å². The van der Waals surface area contributed by atoms with E-state index >= 15 is 0 Å². The summed E-state index contributed by atoms with van der Waals surface area (Å²) < 4.78 is 11.6. The Labute approximate surface area is 160 Å². The number of methoxy groups -OCH3 is 1. The predicted molar refractivity (Wildman–Crippen MR) is 98.7 cm³/mol. The molecule has 0 unspecified atom stereocenters. The van der Waals surface area contributed by atoms with Gasteiger partial charge in [-0.3, -0.25) is 9.59 Å². The van der Waals surface area contributed by atoms with Crippen LogP contribution in [-0.2, 0) is 27.8 Å². The first-order valence-corrected chi connectivity index (χ1v) is 9.11. The lowest BCUT2D eigenvalue weighted by Crippen LogP contribution is -2.15. The number of halogens is 1. The van der Waals surface area contributed by atoms with Crippen molar-refractivity contribution in [2.24, 2.45) is 7.05 Å². The second-order valence-corrected chi connectivity index (χ2v) is 6.48. The number of thioether (sulfide) groups is 1. The lowest BCUT2D eigenvalue weighted by molar-refractivity contribution is -0.142. The lowest BCUT2D eigenvalue weighted by atomic mass is 10.3. The fourth-order valence-electron chi connectivity index (χ4n) is 2.04. The summed E-state index contributed by atoms with van der Waals surface area (Å²) in [6.07, 6.45) is 0.0362. The molecule has 1 aromatic carbocycles. The molecule has 10 heteroatoms. The van der Waals surface area contributed by atoms with Crippen LogP contribution in [0.1, 0.15) is 12.7 Å². The highest BCUT2D eigenvalue weighted by Crippen LogP contribution is 2.27. The maximum Gasteiger partial charge on any atom is 0.313 e. The molecule has 0 saturated carbocycles. The molecular formula is C16H19ClN4O4S. The average molecular weight is 399 g/mol. The van der Waals surface area contributed by atoms with Crippen LogP contribution in [0.3, 0.4) is 0 Å². The molecular weight excluding hydrogens is 380 g/mol. The van der Waals surface area contributed by atoms with Crippen LogP contribution in [0.15, 0.2) is 23.4 Å². The Kier molecular flexibility index (Phi) is 7.28. The Morgan fingerprint density at radius 2 is 2.12 bits per heavy atom. The number of esters is 1. The van der Waals surface area contributed by atoms with Crippen molar-refractivity contribution in [2.75, 3.05) is 24.8 Å². The standard InChI is InChI=1S/C16H19ClN4O4S/c1-4-25-15(23)8-13-19-20-16(21(13)2)26-9-14(22)18-10-5-6-12(24-3)11(17)7-10/h5-7H,4,8-9H2,1-3H3,(H,18,22). The zero-order chi connectivity index (χ0) is 19.1. The van der Waals surface area contributed by atoms with Crippen molar-refractivity contribution >= 4 is 40.9 Å². The van der Waals surface area contributed by atoms with E-state index in [1.165, 1.54) is 18.9 Å². The molecule has 0 aliphatic carbocycles. The summed E-state index contributed by atoms with van der Waals surface area (Å²) in [5, 5.41) is 11.6. The number of rotatable bonds is 8. The van der Waals surface area contributed by atoms with Gasteiger partial charge in [0.25, 0.3) is 0 Å². The Bertz CT molecular complexity index is 797. The minimum absolute atomic E-state index is 0.0362. The number of amides is 1. The number of nitrogens with zero attached hydrogens (tertiary/aromatic N) is 3. The summed E-state index contributed by atoms with van der Waals surface area (Å²) in [5.41, 5.74) is 0.572. The highest BCUT2D eigenvalue weighted by Gasteiger charge is 2.15. The molecule has 1 heterocycles. The van der Waals surface area contributed by atoms with Crippen LogP contribution in [0.2, 0.25) is 5.02 Å². The number of aromatic nitrogens is 3. The number of hydrogen-bond donors (Lipinski definition) is 1. The quantitative estimate of drug-likeness (QED) is 0.538. The van der Waals surface area contributed by atoms with Gasteiger partial charge in [0.15, 0.2) is 5.16 Å². The van der Waals surface area contributed by atoms with E-state index in [-0.39, 0.29) is 24.1 Å². The molecule has 140 valence electrons. The molecule has 0 fully saturated rings. The summed E-state index contributed by atoms with van der Waals surface area (Å²) in [4.78, 5) is 23.6. The first-order chi connectivity index (χ1) is 12.4. The Morgan fingerprint density at radius 1 is 1.35 bits per heavy atom. The minimum Gasteiger partial charge on any atom is -0.495 e. The number of anilines is 1. The highest BCUT2D eigenvalue weighted by molar-refractivity contribution is 7.99. The number of hydrogen-bond acceptors (Lipinski definition) is 7. The Balaban J connectivity index is 1.90. The van der Waals surface area contributed by atoms with Crippen molar-refractivity contribution in [1.29, 1.82) is 0 Å². The van der Waals surface area contributed by atoms with Gasteiger partial charge in [0.05, 0.1) is 24.5 Å². The number of benzene rings is 1. The van der Waals surface area contributed by atoms with Gasteiger partial charge in [-0.15, -0.1) is 10.2 Å². The van der Waals surface area contributed by atoms with Gasteiger partial charge in [-0.2, -0.15) is 0 Å². The van der Waals surface area contributed by atoms with E-state index in [1.54, 1.807) is 36.7 Å². The molecule has 0 radical (unpaired) electrons. The molecule has 0 aliphatic heterocycles. The highest BCUT2D eigenvalue weighted by atomic mass is 35.5. The summed E-state index contributed by atoms with van der Waals surface area (Å²) in [5.74, 6) is 0.565. The maximum atomic E-state index is 12.1. The van der Waals surface area contributed by atoms with Crippen molar-refractivity contribution in [3.63, 3.8) is 0 Å². The summed E-state index contributed by atoms with van der Waals surface area (Å²) in [6, 6.07) is 4.99.